The van der Waals surface area contributed by atoms with Gasteiger partial charge in [0.15, 0.2) is 11.5 Å². The summed E-state index contributed by atoms with van der Waals surface area (Å²) in [5.41, 5.74) is 3.04. The smallest absolute Gasteiger partial charge is 0.325 e. The number of amides is 1. The van der Waals surface area contributed by atoms with E-state index in [0.717, 1.165) is 24.1 Å². The van der Waals surface area contributed by atoms with E-state index in [1.54, 1.807) is 18.1 Å². The van der Waals surface area contributed by atoms with E-state index in [2.05, 4.69) is 10.1 Å². The predicted octanol–water partition coefficient (Wildman–Crippen LogP) is 3.76. The fourth-order valence-corrected chi connectivity index (χ4v) is 3.98. The summed E-state index contributed by atoms with van der Waals surface area (Å²) in [6.07, 6.45) is 4.65. The molecule has 1 saturated carbocycles. The van der Waals surface area contributed by atoms with Crippen LogP contribution in [0.25, 0.3) is 0 Å². The third-order valence-electron chi connectivity index (χ3n) is 5.63. The molecule has 1 amide bonds. The highest BCUT2D eigenvalue weighted by atomic mass is 16.5. The van der Waals surface area contributed by atoms with Crippen LogP contribution in [-0.4, -0.2) is 38.7 Å². The Morgan fingerprint density at radius 2 is 1.90 bits per heavy atom. The standard InChI is InChI=1S/C23H26N2O5/c1-28-20-10-9-17(12-21(20)30-18-5-3-4-6-18)25-14-15-7-8-16(11-19(15)23(25)27)24-13-22(26)29-2/h7-12,18,24H,3-6,13-14H2,1-2H3. The van der Waals surface area contributed by atoms with Gasteiger partial charge in [0.1, 0.15) is 6.54 Å². The maximum Gasteiger partial charge on any atom is 0.325 e. The SMILES string of the molecule is COC(=O)CNc1ccc2c(c1)C(=O)N(c1ccc(OC)c(OC3CCCC3)c1)C2. The van der Waals surface area contributed by atoms with Crippen LogP contribution in [0.4, 0.5) is 11.4 Å². The average Bonchev–Trinajstić information content (AvgIpc) is 3.40. The van der Waals surface area contributed by atoms with Gasteiger partial charge < -0.3 is 24.4 Å². The molecule has 0 bridgehead atoms. The van der Waals surface area contributed by atoms with E-state index in [0.29, 0.717) is 29.3 Å². The molecule has 30 heavy (non-hydrogen) atoms. The zero-order chi connectivity index (χ0) is 21.1. The molecule has 0 spiro atoms. The summed E-state index contributed by atoms with van der Waals surface area (Å²) in [4.78, 5) is 26.2. The van der Waals surface area contributed by atoms with Gasteiger partial charge in [-0.05, 0) is 55.5 Å². The predicted molar refractivity (Wildman–Crippen MR) is 113 cm³/mol. The van der Waals surface area contributed by atoms with Crippen molar-refractivity contribution in [3.63, 3.8) is 0 Å². The molecule has 158 valence electrons. The molecule has 0 atom stereocenters. The molecule has 0 radical (unpaired) electrons. The molecular weight excluding hydrogens is 384 g/mol. The molecule has 1 fully saturated rings. The fraction of sp³-hybridized carbons (Fsp3) is 0.391. The molecule has 1 N–H and O–H groups in total. The number of rotatable bonds is 7. The molecular formula is C23H26N2O5. The Morgan fingerprint density at radius 1 is 1.10 bits per heavy atom. The van der Waals surface area contributed by atoms with E-state index >= 15 is 0 Å². The number of ether oxygens (including phenoxy) is 3. The first-order valence-electron chi connectivity index (χ1n) is 10.2. The number of carbonyl (C=O) groups is 2. The second kappa shape index (κ2) is 8.65. The molecule has 4 rings (SSSR count). The first-order chi connectivity index (χ1) is 14.6. The number of esters is 1. The molecule has 2 aromatic carbocycles. The zero-order valence-electron chi connectivity index (χ0n) is 17.3. The number of benzene rings is 2. The molecule has 7 heteroatoms. The maximum absolute atomic E-state index is 13.1. The quantitative estimate of drug-likeness (QED) is 0.701. The molecule has 7 nitrogen and oxygen atoms in total. The second-order valence-electron chi connectivity index (χ2n) is 7.55. The van der Waals surface area contributed by atoms with Gasteiger partial charge in [-0.25, -0.2) is 0 Å². The Bertz CT molecular complexity index is 953. The summed E-state index contributed by atoms with van der Waals surface area (Å²) >= 11 is 0. The molecule has 1 heterocycles. The van der Waals surface area contributed by atoms with E-state index in [9.17, 15) is 9.59 Å². The minimum Gasteiger partial charge on any atom is -0.493 e. The van der Waals surface area contributed by atoms with Crippen molar-refractivity contribution in [1.82, 2.24) is 0 Å². The molecule has 0 aromatic heterocycles. The number of methoxy groups -OCH3 is 2. The third-order valence-corrected chi connectivity index (χ3v) is 5.63. The molecule has 2 aromatic rings. The fourth-order valence-electron chi connectivity index (χ4n) is 3.98. The van der Waals surface area contributed by atoms with Crippen molar-refractivity contribution in [3.05, 3.63) is 47.5 Å². The van der Waals surface area contributed by atoms with Crippen molar-refractivity contribution in [2.45, 2.75) is 38.3 Å². The van der Waals surface area contributed by atoms with Gasteiger partial charge in [0.2, 0.25) is 0 Å². The van der Waals surface area contributed by atoms with Crippen LogP contribution in [0, 0.1) is 0 Å². The van der Waals surface area contributed by atoms with Crippen molar-refractivity contribution >= 4 is 23.3 Å². The van der Waals surface area contributed by atoms with E-state index in [1.807, 2.05) is 30.3 Å². The lowest BCUT2D eigenvalue weighted by Crippen LogP contribution is -2.23. The van der Waals surface area contributed by atoms with Crippen LogP contribution in [0.2, 0.25) is 0 Å². The van der Waals surface area contributed by atoms with Gasteiger partial charge in [-0.1, -0.05) is 6.07 Å². The number of hydrogen-bond acceptors (Lipinski definition) is 6. The first-order valence-corrected chi connectivity index (χ1v) is 10.2. The maximum atomic E-state index is 13.1. The van der Waals surface area contributed by atoms with Gasteiger partial charge in [0, 0.05) is 23.0 Å². The van der Waals surface area contributed by atoms with Gasteiger partial charge >= 0.3 is 5.97 Å². The number of hydrogen-bond donors (Lipinski definition) is 1. The molecule has 0 unspecified atom stereocenters. The summed E-state index contributed by atoms with van der Waals surface area (Å²) in [5.74, 6) is 0.898. The Labute approximate surface area is 175 Å². The van der Waals surface area contributed by atoms with Crippen molar-refractivity contribution in [2.75, 3.05) is 31.0 Å². The molecule has 1 aliphatic heterocycles. The number of fused-ring (bicyclic) bond motifs is 1. The van der Waals surface area contributed by atoms with Crippen LogP contribution in [-0.2, 0) is 16.1 Å². The Morgan fingerprint density at radius 3 is 2.63 bits per heavy atom. The number of nitrogens with zero attached hydrogens (tertiary/aromatic N) is 1. The highest BCUT2D eigenvalue weighted by Crippen LogP contribution is 2.37. The second-order valence-corrected chi connectivity index (χ2v) is 7.55. The van der Waals surface area contributed by atoms with Crippen LogP contribution in [0.3, 0.4) is 0 Å². The number of nitrogens with one attached hydrogen (secondary N) is 1. The van der Waals surface area contributed by atoms with Crippen molar-refractivity contribution < 1.29 is 23.8 Å². The highest BCUT2D eigenvalue weighted by molar-refractivity contribution is 6.10. The molecule has 1 aliphatic carbocycles. The van der Waals surface area contributed by atoms with Gasteiger partial charge in [-0.15, -0.1) is 0 Å². The van der Waals surface area contributed by atoms with Gasteiger partial charge in [-0.3, -0.25) is 9.59 Å². The highest BCUT2D eigenvalue weighted by Gasteiger charge is 2.30. The van der Waals surface area contributed by atoms with Crippen LogP contribution in [0.1, 0.15) is 41.6 Å². The summed E-state index contributed by atoms with van der Waals surface area (Å²) in [5, 5.41) is 2.98. The monoisotopic (exact) mass is 410 g/mol. The Balaban J connectivity index is 1.54. The van der Waals surface area contributed by atoms with Crippen molar-refractivity contribution in [2.24, 2.45) is 0 Å². The third kappa shape index (κ3) is 4.06. The normalized spacial score (nSPS) is 15.8. The van der Waals surface area contributed by atoms with Crippen molar-refractivity contribution in [3.8, 4) is 11.5 Å². The van der Waals surface area contributed by atoms with Crippen LogP contribution < -0.4 is 19.7 Å². The average molecular weight is 410 g/mol. The van der Waals surface area contributed by atoms with E-state index in [1.165, 1.54) is 20.0 Å². The molecule has 2 aliphatic rings. The number of carbonyl (C=O) groups excluding carboxylic acids is 2. The van der Waals surface area contributed by atoms with Crippen molar-refractivity contribution in [1.29, 1.82) is 0 Å². The molecule has 0 saturated heterocycles. The van der Waals surface area contributed by atoms with E-state index in [-0.39, 0.29) is 24.5 Å². The lowest BCUT2D eigenvalue weighted by atomic mass is 10.1. The minimum atomic E-state index is -0.364. The topological polar surface area (TPSA) is 77.1 Å². The van der Waals surface area contributed by atoms with Gasteiger partial charge in [0.25, 0.3) is 5.91 Å². The largest absolute Gasteiger partial charge is 0.493 e. The summed E-state index contributed by atoms with van der Waals surface area (Å²) in [6, 6.07) is 11.2. The van der Waals surface area contributed by atoms with Crippen LogP contribution >= 0.6 is 0 Å². The summed E-state index contributed by atoms with van der Waals surface area (Å²) < 4.78 is 16.3. The number of anilines is 2. The van der Waals surface area contributed by atoms with Crippen LogP contribution in [0.15, 0.2) is 36.4 Å². The van der Waals surface area contributed by atoms with Gasteiger partial charge in [0.05, 0.1) is 26.9 Å². The summed E-state index contributed by atoms with van der Waals surface area (Å²) in [7, 11) is 2.96. The lowest BCUT2D eigenvalue weighted by Gasteiger charge is -2.20. The zero-order valence-corrected chi connectivity index (χ0v) is 17.3. The Kier molecular flexibility index (Phi) is 5.79. The van der Waals surface area contributed by atoms with E-state index < -0.39 is 0 Å². The Hall–Kier alpha value is -3.22. The van der Waals surface area contributed by atoms with E-state index in [4.69, 9.17) is 9.47 Å². The first kappa shape index (κ1) is 20.1. The summed E-state index contributed by atoms with van der Waals surface area (Å²) in [6.45, 7) is 0.536. The lowest BCUT2D eigenvalue weighted by molar-refractivity contribution is -0.138. The van der Waals surface area contributed by atoms with Crippen LogP contribution in [0.5, 0.6) is 11.5 Å². The minimum absolute atomic E-state index is 0.0491. The van der Waals surface area contributed by atoms with Gasteiger partial charge in [-0.2, -0.15) is 0 Å².